The Bertz CT molecular complexity index is 1160. The molecule has 156 valence electrons. The van der Waals surface area contributed by atoms with Gasteiger partial charge in [0.15, 0.2) is 5.16 Å². The SMILES string of the molecule is CCn1cccc1-c1noc(CNC(=O)CC2CSc3nc4c(c(=O)n32)CCC4)n1. The predicted molar refractivity (Wildman–Crippen MR) is 110 cm³/mol. The quantitative estimate of drug-likeness (QED) is 0.600. The number of fused-ring (bicyclic) bond motifs is 2. The summed E-state index contributed by atoms with van der Waals surface area (Å²) in [5, 5.41) is 7.57. The van der Waals surface area contributed by atoms with Gasteiger partial charge in [-0.15, -0.1) is 0 Å². The molecule has 9 nitrogen and oxygen atoms in total. The number of nitrogens with one attached hydrogen (secondary N) is 1. The smallest absolute Gasteiger partial charge is 0.257 e. The molecule has 10 heteroatoms. The van der Waals surface area contributed by atoms with Crippen LogP contribution in [0.3, 0.4) is 0 Å². The van der Waals surface area contributed by atoms with Crippen LogP contribution in [0.25, 0.3) is 11.5 Å². The van der Waals surface area contributed by atoms with E-state index in [0.29, 0.717) is 17.5 Å². The number of carbonyl (C=O) groups excluding carboxylic acids is 1. The van der Waals surface area contributed by atoms with Gasteiger partial charge in [-0.3, -0.25) is 14.2 Å². The summed E-state index contributed by atoms with van der Waals surface area (Å²) in [5.74, 6) is 1.37. The molecule has 1 aliphatic carbocycles. The average molecular weight is 427 g/mol. The molecule has 0 bridgehead atoms. The number of hydrogen-bond donors (Lipinski definition) is 1. The van der Waals surface area contributed by atoms with E-state index in [9.17, 15) is 9.59 Å². The first-order valence-electron chi connectivity index (χ1n) is 10.2. The summed E-state index contributed by atoms with van der Waals surface area (Å²) in [4.78, 5) is 34.4. The molecule has 2 aliphatic rings. The zero-order valence-electron chi connectivity index (χ0n) is 16.6. The van der Waals surface area contributed by atoms with Crippen molar-refractivity contribution in [3.63, 3.8) is 0 Å². The van der Waals surface area contributed by atoms with Gasteiger partial charge in [-0.1, -0.05) is 16.9 Å². The Kier molecular flexibility index (Phi) is 4.93. The van der Waals surface area contributed by atoms with Crippen LogP contribution in [0.5, 0.6) is 0 Å². The molecule has 5 rings (SSSR count). The van der Waals surface area contributed by atoms with E-state index in [2.05, 4.69) is 20.4 Å². The highest BCUT2D eigenvalue weighted by molar-refractivity contribution is 7.99. The summed E-state index contributed by atoms with van der Waals surface area (Å²) in [6, 6.07) is 3.68. The third-order valence-corrected chi connectivity index (χ3v) is 6.70. The molecule has 1 N–H and O–H groups in total. The molecule has 30 heavy (non-hydrogen) atoms. The summed E-state index contributed by atoms with van der Waals surface area (Å²) in [7, 11) is 0. The van der Waals surface area contributed by atoms with E-state index in [1.54, 1.807) is 16.3 Å². The number of aromatic nitrogens is 5. The molecule has 1 atom stereocenters. The summed E-state index contributed by atoms with van der Waals surface area (Å²) in [6.07, 6.45) is 4.81. The summed E-state index contributed by atoms with van der Waals surface area (Å²) in [5.41, 5.74) is 2.65. The van der Waals surface area contributed by atoms with E-state index in [-0.39, 0.29) is 30.5 Å². The van der Waals surface area contributed by atoms with Crippen molar-refractivity contribution in [1.29, 1.82) is 0 Å². The monoisotopic (exact) mass is 426 g/mol. The highest BCUT2D eigenvalue weighted by atomic mass is 32.2. The Hall–Kier alpha value is -2.88. The molecular weight excluding hydrogens is 404 g/mol. The van der Waals surface area contributed by atoms with Crippen molar-refractivity contribution in [3.8, 4) is 11.5 Å². The summed E-state index contributed by atoms with van der Waals surface area (Å²) >= 11 is 1.55. The van der Waals surface area contributed by atoms with Gasteiger partial charge in [0, 0.05) is 30.5 Å². The normalized spacial score (nSPS) is 17.2. The van der Waals surface area contributed by atoms with E-state index in [0.717, 1.165) is 47.9 Å². The van der Waals surface area contributed by atoms with Crippen molar-refractivity contribution in [1.82, 2.24) is 29.6 Å². The van der Waals surface area contributed by atoms with Crippen LogP contribution in [-0.4, -0.2) is 35.9 Å². The largest absolute Gasteiger partial charge is 0.347 e. The fourth-order valence-electron chi connectivity index (χ4n) is 4.09. The Labute approximate surface area is 176 Å². The molecule has 0 radical (unpaired) electrons. The van der Waals surface area contributed by atoms with Crippen LogP contribution in [0.4, 0.5) is 0 Å². The first kappa shape index (κ1) is 19.1. The topological polar surface area (TPSA) is 108 Å². The average Bonchev–Trinajstić information content (AvgIpc) is 3.52. The van der Waals surface area contributed by atoms with Gasteiger partial charge in [-0.25, -0.2) is 4.98 Å². The molecule has 1 aliphatic heterocycles. The zero-order valence-corrected chi connectivity index (χ0v) is 17.4. The fraction of sp³-hybridized carbons (Fsp3) is 0.450. The minimum atomic E-state index is -0.179. The molecule has 0 fully saturated rings. The van der Waals surface area contributed by atoms with Crippen LogP contribution in [0.2, 0.25) is 0 Å². The van der Waals surface area contributed by atoms with Crippen molar-refractivity contribution in [3.05, 3.63) is 45.8 Å². The van der Waals surface area contributed by atoms with Gasteiger partial charge in [-0.05, 0) is 38.3 Å². The number of amides is 1. The van der Waals surface area contributed by atoms with Crippen molar-refractivity contribution in [2.45, 2.75) is 56.9 Å². The molecule has 0 saturated heterocycles. The van der Waals surface area contributed by atoms with Gasteiger partial charge in [0.25, 0.3) is 5.56 Å². The Balaban J connectivity index is 1.23. The van der Waals surface area contributed by atoms with Crippen molar-refractivity contribution in [2.24, 2.45) is 0 Å². The van der Waals surface area contributed by atoms with E-state index >= 15 is 0 Å². The number of nitrogens with zero attached hydrogens (tertiary/aromatic N) is 5. The van der Waals surface area contributed by atoms with E-state index in [1.165, 1.54) is 0 Å². The van der Waals surface area contributed by atoms with Crippen LogP contribution >= 0.6 is 11.8 Å². The molecule has 4 heterocycles. The first-order chi connectivity index (χ1) is 14.6. The van der Waals surface area contributed by atoms with Gasteiger partial charge >= 0.3 is 0 Å². The number of aryl methyl sites for hydroxylation is 2. The van der Waals surface area contributed by atoms with E-state index < -0.39 is 0 Å². The van der Waals surface area contributed by atoms with E-state index in [1.807, 2.05) is 29.8 Å². The molecule has 1 unspecified atom stereocenters. The lowest BCUT2D eigenvalue weighted by molar-refractivity contribution is -0.122. The van der Waals surface area contributed by atoms with Crippen LogP contribution in [-0.2, 0) is 30.7 Å². The van der Waals surface area contributed by atoms with Gasteiger partial charge < -0.3 is 14.4 Å². The molecule has 0 aromatic carbocycles. The maximum absolute atomic E-state index is 12.8. The van der Waals surface area contributed by atoms with Crippen LogP contribution in [0.15, 0.2) is 32.8 Å². The second kappa shape index (κ2) is 7.75. The molecule has 0 saturated carbocycles. The number of rotatable bonds is 6. The lowest BCUT2D eigenvalue weighted by Gasteiger charge is -2.14. The van der Waals surface area contributed by atoms with Gasteiger partial charge in [0.2, 0.25) is 17.6 Å². The summed E-state index contributed by atoms with van der Waals surface area (Å²) < 4.78 is 9.00. The zero-order chi connectivity index (χ0) is 20.7. The van der Waals surface area contributed by atoms with Gasteiger partial charge in [-0.2, -0.15) is 4.98 Å². The van der Waals surface area contributed by atoms with Crippen LogP contribution < -0.4 is 10.9 Å². The highest BCUT2D eigenvalue weighted by Gasteiger charge is 2.31. The Morgan fingerprint density at radius 2 is 2.27 bits per heavy atom. The lowest BCUT2D eigenvalue weighted by atomic mass is 10.2. The second-order valence-corrected chi connectivity index (χ2v) is 8.47. The molecular formula is C20H22N6O3S. The van der Waals surface area contributed by atoms with Gasteiger partial charge in [0.1, 0.15) is 0 Å². The molecule has 0 spiro atoms. The predicted octanol–water partition coefficient (Wildman–Crippen LogP) is 1.96. The highest BCUT2D eigenvalue weighted by Crippen LogP contribution is 2.33. The standard InChI is InChI=1S/C20H22N6O3S/c1-2-25-8-4-7-15(25)18-23-17(29-24-18)10-21-16(27)9-12-11-30-20-22-14-6-3-5-13(14)19(28)26(12)20/h4,7-8,12H,2-3,5-6,9-11H2,1H3,(H,21,27). The second-order valence-electron chi connectivity index (χ2n) is 7.49. The third-order valence-electron chi connectivity index (χ3n) is 5.60. The van der Waals surface area contributed by atoms with E-state index in [4.69, 9.17) is 4.52 Å². The van der Waals surface area contributed by atoms with Crippen LogP contribution in [0.1, 0.15) is 43.0 Å². The van der Waals surface area contributed by atoms with Gasteiger partial charge in [0.05, 0.1) is 24.0 Å². The van der Waals surface area contributed by atoms with Crippen molar-refractivity contribution >= 4 is 17.7 Å². The maximum atomic E-state index is 12.8. The number of thioether (sulfide) groups is 1. The lowest BCUT2D eigenvalue weighted by Crippen LogP contribution is -2.32. The fourth-order valence-corrected chi connectivity index (χ4v) is 5.24. The molecule has 1 amide bonds. The number of hydrogen-bond acceptors (Lipinski definition) is 7. The van der Waals surface area contributed by atoms with Crippen LogP contribution in [0, 0.1) is 0 Å². The van der Waals surface area contributed by atoms with Crippen molar-refractivity contribution in [2.75, 3.05) is 5.75 Å². The minimum Gasteiger partial charge on any atom is -0.347 e. The third kappa shape index (κ3) is 3.34. The number of carbonyl (C=O) groups is 1. The van der Waals surface area contributed by atoms with Crippen molar-refractivity contribution < 1.29 is 9.32 Å². The minimum absolute atomic E-state index is 0.0239. The maximum Gasteiger partial charge on any atom is 0.257 e. The first-order valence-corrected chi connectivity index (χ1v) is 11.1. The Morgan fingerprint density at radius 3 is 3.13 bits per heavy atom. The molecule has 3 aromatic heterocycles. The molecule has 3 aromatic rings. The Morgan fingerprint density at radius 1 is 1.37 bits per heavy atom. The summed E-state index contributed by atoms with van der Waals surface area (Å²) in [6.45, 7) is 3.00.